The zero-order chi connectivity index (χ0) is 16.4. The first kappa shape index (κ1) is 17.7. The van der Waals surface area contributed by atoms with Crippen molar-refractivity contribution < 1.29 is 43.5 Å². The Kier molecular flexibility index (Phi) is 5.56. The van der Waals surface area contributed by atoms with Crippen molar-refractivity contribution in [3.63, 3.8) is 0 Å². The fraction of sp³-hybridized carbons (Fsp3) is 0.818. The smallest absolute Gasteiger partial charge is 0.372 e. The molecule has 0 saturated carbocycles. The largest absolute Gasteiger partial charge is 0.477 e. The summed E-state index contributed by atoms with van der Waals surface area (Å²) in [7, 11) is 0. The van der Waals surface area contributed by atoms with Crippen molar-refractivity contribution in [2.75, 3.05) is 6.61 Å². The Morgan fingerprint density at radius 3 is 2.48 bits per heavy atom. The van der Waals surface area contributed by atoms with Crippen LogP contribution in [0.3, 0.4) is 0 Å². The van der Waals surface area contributed by atoms with Gasteiger partial charge in [-0.05, 0) is 0 Å². The van der Waals surface area contributed by atoms with Gasteiger partial charge in [-0.3, -0.25) is 4.79 Å². The molecule has 122 valence electrons. The van der Waals surface area contributed by atoms with Gasteiger partial charge in [0.2, 0.25) is 5.91 Å². The van der Waals surface area contributed by atoms with Gasteiger partial charge in [0.25, 0.3) is 0 Å². The Morgan fingerprint density at radius 1 is 1.48 bits per heavy atom. The van der Waals surface area contributed by atoms with Gasteiger partial charge in [-0.25, -0.2) is 9.18 Å². The minimum atomic E-state index is -3.81. The SMILES string of the molecule is CC(=O)N[C@@H]1[C@@H](O)[C@@H](F)[C@](F)(C(=O)O)O[C@H]1C[C@H](O)CO. The van der Waals surface area contributed by atoms with E-state index in [0.29, 0.717) is 0 Å². The van der Waals surface area contributed by atoms with E-state index < -0.39 is 61.3 Å². The molecule has 1 amide bonds. The highest BCUT2D eigenvalue weighted by Crippen LogP contribution is 2.35. The molecule has 1 saturated heterocycles. The maximum absolute atomic E-state index is 14.0. The van der Waals surface area contributed by atoms with E-state index in [1.54, 1.807) is 0 Å². The van der Waals surface area contributed by atoms with Crippen molar-refractivity contribution in [1.29, 1.82) is 0 Å². The number of aliphatic hydroxyl groups is 3. The molecular formula is C11H17F2NO7. The van der Waals surface area contributed by atoms with E-state index in [4.69, 9.17) is 10.2 Å². The number of carboxylic acid groups (broad SMARTS) is 1. The molecule has 0 spiro atoms. The van der Waals surface area contributed by atoms with Crippen LogP contribution in [0.25, 0.3) is 0 Å². The second-order valence-electron chi connectivity index (χ2n) is 4.80. The molecule has 0 aliphatic carbocycles. The Labute approximate surface area is 118 Å². The van der Waals surface area contributed by atoms with Gasteiger partial charge in [0.05, 0.1) is 24.9 Å². The van der Waals surface area contributed by atoms with Crippen molar-refractivity contribution in [3.8, 4) is 0 Å². The molecular weight excluding hydrogens is 296 g/mol. The number of nitrogens with one attached hydrogen (secondary N) is 1. The molecule has 0 unspecified atom stereocenters. The summed E-state index contributed by atoms with van der Waals surface area (Å²) in [6.07, 6.45) is -8.61. The Morgan fingerprint density at radius 2 is 2.05 bits per heavy atom. The van der Waals surface area contributed by atoms with Crippen LogP contribution in [0.2, 0.25) is 0 Å². The van der Waals surface area contributed by atoms with E-state index in [-0.39, 0.29) is 0 Å². The third-order valence-corrected chi connectivity index (χ3v) is 3.12. The maximum Gasteiger partial charge on any atom is 0.372 e. The van der Waals surface area contributed by atoms with Crippen LogP contribution in [0.15, 0.2) is 0 Å². The lowest BCUT2D eigenvalue weighted by Crippen LogP contribution is -2.68. The molecule has 1 heterocycles. The number of aliphatic carboxylic acids is 1. The van der Waals surface area contributed by atoms with Crippen molar-refractivity contribution in [3.05, 3.63) is 0 Å². The topological polar surface area (TPSA) is 136 Å². The quantitative estimate of drug-likeness (QED) is 0.399. The summed E-state index contributed by atoms with van der Waals surface area (Å²) in [4.78, 5) is 21.8. The lowest BCUT2D eigenvalue weighted by atomic mass is 9.89. The monoisotopic (exact) mass is 313 g/mol. The van der Waals surface area contributed by atoms with Crippen LogP contribution in [0.4, 0.5) is 8.78 Å². The summed E-state index contributed by atoms with van der Waals surface area (Å²) in [5.41, 5.74) is 0. The fourth-order valence-electron chi connectivity index (χ4n) is 2.10. The number of ether oxygens (including phenoxy) is 1. The molecule has 8 nitrogen and oxygen atoms in total. The van der Waals surface area contributed by atoms with Gasteiger partial charge in [-0.15, -0.1) is 0 Å². The van der Waals surface area contributed by atoms with E-state index in [2.05, 4.69) is 10.1 Å². The normalized spacial score (nSPS) is 37.8. The van der Waals surface area contributed by atoms with Gasteiger partial charge in [0, 0.05) is 13.3 Å². The predicted molar refractivity (Wildman–Crippen MR) is 62.6 cm³/mol. The van der Waals surface area contributed by atoms with Gasteiger partial charge in [-0.1, -0.05) is 0 Å². The Balaban J connectivity index is 3.06. The van der Waals surface area contributed by atoms with Crippen molar-refractivity contribution in [2.45, 2.75) is 49.7 Å². The summed E-state index contributed by atoms with van der Waals surface area (Å²) >= 11 is 0. The molecule has 6 atom stereocenters. The molecule has 1 aliphatic rings. The van der Waals surface area contributed by atoms with E-state index in [1.807, 2.05) is 0 Å². The predicted octanol–water partition coefficient (Wildman–Crippen LogP) is -1.92. The zero-order valence-electron chi connectivity index (χ0n) is 11.1. The van der Waals surface area contributed by atoms with Crippen LogP contribution in [0.5, 0.6) is 0 Å². The third kappa shape index (κ3) is 3.64. The molecule has 0 aromatic carbocycles. The number of aliphatic hydroxyl groups excluding tert-OH is 3. The summed E-state index contributed by atoms with van der Waals surface area (Å²) in [6.45, 7) is 0.308. The van der Waals surface area contributed by atoms with E-state index in [0.717, 1.165) is 6.92 Å². The van der Waals surface area contributed by atoms with Gasteiger partial charge in [-0.2, -0.15) is 4.39 Å². The number of hydrogen-bond acceptors (Lipinski definition) is 6. The van der Waals surface area contributed by atoms with E-state index in [1.165, 1.54) is 0 Å². The second kappa shape index (κ2) is 6.60. The number of halogens is 2. The first-order valence-corrected chi connectivity index (χ1v) is 6.11. The molecule has 0 bridgehead atoms. The summed E-state index contributed by atoms with van der Waals surface area (Å²) in [6, 6.07) is -1.47. The minimum absolute atomic E-state index is 0.510. The first-order chi connectivity index (χ1) is 9.63. The van der Waals surface area contributed by atoms with Crippen LogP contribution in [-0.4, -0.2) is 75.3 Å². The summed E-state index contributed by atoms with van der Waals surface area (Å²) in [5, 5.41) is 38.6. The molecule has 0 aromatic rings. The first-order valence-electron chi connectivity index (χ1n) is 6.11. The third-order valence-electron chi connectivity index (χ3n) is 3.12. The van der Waals surface area contributed by atoms with Gasteiger partial charge < -0.3 is 30.5 Å². The Bertz CT molecular complexity index is 410. The number of rotatable bonds is 5. The second-order valence-corrected chi connectivity index (χ2v) is 4.80. The summed E-state index contributed by atoms with van der Waals surface area (Å²) in [5.74, 6) is -6.78. The molecule has 5 N–H and O–H groups in total. The number of amides is 1. The van der Waals surface area contributed by atoms with Crippen molar-refractivity contribution >= 4 is 11.9 Å². The lowest BCUT2D eigenvalue weighted by Gasteiger charge is -2.43. The van der Waals surface area contributed by atoms with Gasteiger partial charge >= 0.3 is 11.8 Å². The van der Waals surface area contributed by atoms with E-state index >= 15 is 0 Å². The van der Waals surface area contributed by atoms with Crippen LogP contribution < -0.4 is 5.32 Å². The molecule has 1 fully saturated rings. The molecule has 0 aromatic heterocycles. The zero-order valence-corrected chi connectivity index (χ0v) is 11.1. The highest BCUT2D eigenvalue weighted by molar-refractivity contribution is 5.77. The van der Waals surface area contributed by atoms with E-state index in [9.17, 15) is 28.6 Å². The highest BCUT2D eigenvalue weighted by atomic mass is 19.2. The standard InChI is InChI=1S/C11H17F2NO7/c1-4(16)14-7-6(2-5(17)3-15)21-11(13,10(19)20)9(12)8(7)18/h5-9,15,17-18H,2-3H2,1H3,(H,14,16)(H,19,20)/t5-,6-,7-,8+,9+,11+/m0/s1. The van der Waals surface area contributed by atoms with Gasteiger partial charge in [0.15, 0.2) is 6.17 Å². The number of carbonyl (C=O) groups excluding carboxylic acids is 1. The maximum atomic E-state index is 14.0. The van der Waals surface area contributed by atoms with Crippen LogP contribution in [0.1, 0.15) is 13.3 Å². The molecule has 1 rings (SSSR count). The van der Waals surface area contributed by atoms with Crippen LogP contribution in [-0.2, 0) is 14.3 Å². The fourth-order valence-corrected chi connectivity index (χ4v) is 2.10. The van der Waals surface area contributed by atoms with Crippen LogP contribution >= 0.6 is 0 Å². The minimum Gasteiger partial charge on any atom is -0.477 e. The van der Waals surface area contributed by atoms with Crippen molar-refractivity contribution in [1.82, 2.24) is 5.32 Å². The molecule has 10 heteroatoms. The highest BCUT2D eigenvalue weighted by Gasteiger charge is 2.61. The Hall–Kier alpha value is -1.36. The summed E-state index contributed by atoms with van der Waals surface area (Å²) < 4.78 is 32.3. The number of hydrogen-bond donors (Lipinski definition) is 5. The van der Waals surface area contributed by atoms with Gasteiger partial charge in [0.1, 0.15) is 6.10 Å². The molecule has 1 aliphatic heterocycles. The average molecular weight is 313 g/mol. The average Bonchev–Trinajstić information content (AvgIpc) is 2.40. The molecule has 0 radical (unpaired) electrons. The van der Waals surface area contributed by atoms with Crippen molar-refractivity contribution in [2.24, 2.45) is 0 Å². The number of alkyl halides is 2. The van der Waals surface area contributed by atoms with Crippen LogP contribution in [0, 0.1) is 0 Å². The number of carbonyl (C=O) groups is 2. The number of carboxylic acids is 1. The lowest BCUT2D eigenvalue weighted by molar-refractivity contribution is -0.278. The molecule has 21 heavy (non-hydrogen) atoms.